The van der Waals surface area contributed by atoms with Crippen molar-refractivity contribution in [2.24, 2.45) is 10.7 Å². The lowest BCUT2D eigenvalue weighted by atomic mass is 10.1. The number of halogens is 2. The second kappa shape index (κ2) is 7.59. The molecule has 6 nitrogen and oxygen atoms in total. The number of allylic oxidation sites excluding steroid dienone is 1. The lowest BCUT2D eigenvalue weighted by molar-refractivity contribution is 0.509. The molecule has 1 saturated carbocycles. The summed E-state index contributed by atoms with van der Waals surface area (Å²) >= 11 is 0. The number of rotatable bonds is 5. The highest BCUT2D eigenvalue weighted by Gasteiger charge is 2.40. The first kappa shape index (κ1) is 17.8. The Balaban J connectivity index is 1.54. The van der Waals surface area contributed by atoms with Crippen LogP contribution in [0.2, 0.25) is 0 Å². The van der Waals surface area contributed by atoms with E-state index in [0.29, 0.717) is 17.2 Å². The van der Waals surface area contributed by atoms with Crippen molar-refractivity contribution < 1.29 is 8.78 Å². The molecule has 1 aliphatic carbocycles. The van der Waals surface area contributed by atoms with Crippen LogP contribution in [0, 0.1) is 11.6 Å². The minimum atomic E-state index is -0.974. The zero-order chi connectivity index (χ0) is 19.5. The van der Waals surface area contributed by atoms with Crippen molar-refractivity contribution in [3.8, 4) is 11.6 Å². The highest BCUT2D eigenvalue weighted by Crippen LogP contribution is 2.55. The van der Waals surface area contributed by atoms with Crippen LogP contribution in [0.25, 0.3) is 11.6 Å². The minimum Gasteiger partial charge on any atom is -0.405 e. The number of nitrogens with two attached hydrogens (primary N) is 1. The molecule has 1 aromatic carbocycles. The zero-order valence-corrected chi connectivity index (χ0v) is 14.7. The third-order valence-corrected chi connectivity index (χ3v) is 4.53. The Kier molecular flexibility index (Phi) is 4.84. The molecule has 2 heterocycles. The van der Waals surface area contributed by atoms with Gasteiger partial charge >= 0.3 is 0 Å². The summed E-state index contributed by atoms with van der Waals surface area (Å²) < 4.78 is 27.9. The van der Waals surface area contributed by atoms with Crippen LogP contribution in [0.15, 0.2) is 60.3 Å². The summed E-state index contributed by atoms with van der Waals surface area (Å²) in [5.41, 5.74) is 6.80. The molecule has 2 aromatic heterocycles. The van der Waals surface area contributed by atoms with Gasteiger partial charge in [0.25, 0.3) is 0 Å². The molecule has 2 N–H and O–H groups in total. The smallest absolute Gasteiger partial charge is 0.197 e. The zero-order valence-electron chi connectivity index (χ0n) is 14.7. The van der Waals surface area contributed by atoms with E-state index < -0.39 is 11.6 Å². The maximum Gasteiger partial charge on any atom is 0.197 e. The Morgan fingerprint density at radius 2 is 1.64 bits per heavy atom. The molecule has 1 fully saturated rings. The topological polar surface area (TPSA) is 89.9 Å². The van der Waals surface area contributed by atoms with Crippen molar-refractivity contribution in [1.29, 1.82) is 0 Å². The van der Waals surface area contributed by atoms with Crippen LogP contribution >= 0.6 is 0 Å². The minimum absolute atomic E-state index is 0.0495. The third-order valence-electron chi connectivity index (χ3n) is 4.53. The average Bonchev–Trinajstić information content (AvgIpc) is 3.53. The second-order valence-corrected chi connectivity index (χ2v) is 6.36. The first-order chi connectivity index (χ1) is 13.7. The molecule has 2 atom stereocenters. The maximum absolute atomic E-state index is 14.0. The van der Waals surface area contributed by atoms with Gasteiger partial charge in [0.15, 0.2) is 23.3 Å². The van der Waals surface area contributed by atoms with Crippen LogP contribution in [-0.4, -0.2) is 26.2 Å². The molecule has 0 saturated heterocycles. The Morgan fingerprint density at radius 3 is 2.36 bits per heavy atom. The Labute approximate surface area is 159 Å². The summed E-state index contributed by atoms with van der Waals surface area (Å²) in [6.07, 6.45) is 11.6. The van der Waals surface area contributed by atoms with E-state index in [2.05, 4.69) is 24.9 Å². The fraction of sp³-hybridized carbons (Fsp3) is 0.150. The highest BCUT2D eigenvalue weighted by atomic mass is 19.2. The van der Waals surface area contributed by atoms with Gasteiger partial charge in [0.1, 0.15) is 5.69 Å². The van der Waals surface area contributed by atoms with E-state index in [-0.39, 0.29) is 17.5 Å². The van der Waals surface area contributed by atoms with Gasteiger partial charge in [0.05, 0.1) is 0 Å². The summed E-state index contributed by atoms with van der Waals surface area (Å²) in [4.78, 5) is 20.8. The molecule has 0 amide bonds. The van der Waals surface area contributed by atoms with Crippen LogP contribution in [0.3, 0.4) is 0 Å². The van der Waals surface area contributed by atoms with Crippen molar-refractivity contribution in [3.63, 3.8) is 0 Å². The van der Waals surface area contributed by atoms with Crippen molar-refractivity contribution in [2.45, 2.75) is 18.3 Å². The van der Waals surface area contributed by atoms with Crippen LogP contribution in [0.5, 0.6) is 0 Å². The van der Waals surface area contributed by atoms with Gasteiger partial charge in [-0.3, -0.25) is 4.99 Å². The highest BCUT2D eigenvalue weighted by molar-refractivity contribution is 5.74. The van der Waals surface area contributed by atoms with Gasteiger partial charge in [-0.25, -0.2) is 28.7 Å². The lowest BCUT2D eigenvalue weighted by Gasteiger charge is -2.05. The molecule has 140 valence electrons. The Hall–Kier alpha value is -3.55. The summed E-state index contributed by atoms with van der Waals surface area (Å²) in [5.74, 6) is -0.777. The predicted molar refractivity (Wildman–Crippen MR) is 101 cm³/mol. The number of benzene rings is 1. The Bertz CT molecular complexity index is 1030. The van der Waals surface area contributed by atoms with Crippen molar-refractivity contribution >= 4 is 11.9 Å². The molecule has 1 aliphatic rings. The molecular weight excluding hydrogens is 362 g/mol. The van der Waals surface area contributed by atoms with Gasteiger partial charge in [-0.2, -0.15) is 0 Å². The van der Waals surface area contributed by atoms with Crippen LogP contribution in [0.4, 0.5) is 14.5 Å². The monoisotopic (exact) mass is 378 g/mol. The standard InChI is InChI=1S/C20H16F2N6/c21-16-7-12(8-17(18(16)22)24-4-1-3-23)14-9-15(14)13-10-27-20(28-11-13)19-25-5-2-6-26-19/h1-8,10-11,14-15H,9,23H2. The van der Waals surface area contributed by atoms with Crippen LogP contribution in [-0.2, 0) is 0 Å². The van der Waals surface area contributed by atoms with E-state index >= 15 is 0 Å². The van der Waals surface area contributed by atoms with E-state index in [1.54, 1.807) is 36.9 Å². The van der Waals surface area contributed by atoms with Gasteiger partial charge in [-0.15, -0.1) is 0 Å². The van der Waals surface area contributed by atoms with Gasteiger partial charge in [-0.1, -0.05) is 0 Å². The normalized spacial score (nSPS) is 18.8. The van der Waals surface area contributed by atoms with E-state index in [4.69, 9.17) is 5.73 Å². The number of hydrogen-bond donors (Lipinski definition) is 1. The molecule has 0 bridgehead atoms. The molecule has 0 radical (unpaired) electrons. The summed E-state index contributed by atoms with van der Waals surface area (Å²) in [5, 5.41) is 0. The number of nitrogens with zero attached hydrogens (tertiary/aromatic N) is 5. The lowest BCUT2D eigenvalue weighted by Crippen LogP contribution is -1.96. The third kappa shape index (κ3) is 3.62. The van der Waals surface area contributed by atoms with Crippen molar-refractivity contribution in [1.82, 2.24) is 19.9 Å². The summed E-state index contributed by atoms with van der Waals surface area (Å²) in [6.45, 7) is 0. The van der Waals surface area contributed by atoms with Gasteiger partial charge in [-0.05, 0) is 59.9 Å². The molecule has 8 heteroatoms. The van der Waals surface area contributed by atoms with Gasteiger partial charge < -0.3 is 5.73 Å². The Morgan fingerprint density at radius 1 is 0.964 bits per heavy atom. The number of hydrogen-bond acceptors (Lipinski definition) is 6. The maximum atomic E-state index is 14.0. The van der Waals surface area contributed by atoms with E-state index in [0.717, 1.165) is 12.0 Å². The average molecular weight is 378 g/mol. The van der Waals surface area contributed by atoms with Gasteiger partial charge in [0.2, 0.25) is 0 Å². The van der Waals surface area contributed by atoms with E-state index in [1.165, 1.54) is 24.6 Å². The first-order valence-corrected chi connectivity index (χ1v) is 8.66. The molecule has 3 aromatic rings. The molecule has 2 unspecified atom stereocenters. The first-order valence-electron chi connectivity index (χ1n) is 8.66. The van der Waals surface area contributed by atoms with Crippen molar-refractivity contribution in [2.75, 3.05) is 0 Å². The SMILES string of the molecule is NC=CC=Nc1cc(C2CC2c2cnc(-c3ncccn3)nc2)cc(F)c1F. The van der Waals surface area contributed by atoms with E-state index in [9.17, 15) is 8.78 Å². The molecule has 0 aliphatic heterocycles. The number of aromatic nitrogens is 4. The molecule has 28 heavy (non-hydrogen) atoms. The summed E-state index contributed by atoms with van der Waals surface area (Å²) in [6, 6.07) is 4.51. The predicted octanol–water partition coefficient (Wildman–Crippen LogP) is 3.66. The fourth-order valence-corrected chi connectivity index (χ4v) is 3.07. The van der Waals surface area contributed by atoms with Gasteiger partial charge in [0, 0.05) is 31.0 Å². The molecular formula is C20H16F2N6. The van der Waals surface area contributed by atoms with E-state index in [1.807, 2.05) is 0 Å². The fourth-order valence-electron chi connectivity index (χ4n) is 3.07. The quantitative estimate of drug-likeness (QED) is 0.685. The second-order valence-electron chi connectivity index (χ2n) is 6.36. The summed E-state index contributed by atoms with van der Waals surface area (Å²) in [7, 11) is 0. The number of aliphatic imine (C=N–C) groups is 1. The van der Waals surface area contributed by atoms with Crippen LogP contribution < -0.4 is 5.73 Å². The van der Waals surface area contributed by atoms with Crippen LogP contribution in [0.1, 0.15) is 29.4 Å². The largest absolute Gasteiger partial charge is 0.405 e. The van der Waals surface area contributed by atoms with Crippen molar-refractivity contribution in [3.05, 3.63) is 78.0 Å². The molecule has 4 rings (SSSR count). The molecule has 0 spiro atoms.